The van der Waals surface area contributed by atoms with E-state index in [1.54, 1.807) is 28.9 Å². The van der Waals surface area contributed by atoms with Crippen LogP contribution in [0.5, 0.6) is 5.75 Å². The third-order valence-electron chi connectivity index (χ3n) is 1.45. The van der Waals surface area contributed by atoms with Gasteiger partial charge in [-0.3, -0.25) is 0 Å². The van der Waals surface area contributed by atoms with Crippen LogP contribution in [0.2, 0.25) is 0 Å². The van der Waals surface area contributed by atoms with Gasteiger partial charge in [0.05, 0.1) is 12.4 Å². The highest BCUT2D eigenvalue weighted by atomic mass is 16.3. The van der Waals surface area contributed by atoms with E-state index in [-0.39, 0.29) is 5.75 Å². The zero-order valence-electron chi connectivity index (χ0n) is 5.73. The first kappa shape index (κ1) is 6.03. The van der Waals surface area contributed by atoms with E-state index in [1.165, 1.54) is 0 Å². The third-order valence-corrected chi connectivity index (χ3v) is 1.45. The summed E-state index contributed by atoms with van der Waals surface area (Å²) >= 11 is 0. The number of hydrogen-bond acceptors (Lipinski definition) is 3. The molecular formula is C7H7N3O. The summed E-state index contributed by atoms with van der Waals surface area (Å²) < 4.78 is 1.67. The van der Waals surface area contributed by atoms with Crippen molar-refractivity contribution in [3.63, 3.8) is 0 Å². The van der Waals surface area contributed by atoms with Crippen molar-refractivity contribution in [1.29, 1.82) is 0 Å². The Morgan fingerprint density at radius 2 is 2.18 bits per heavy atom. The summed E-state index contributed by atoms with van der Waals surface area (Å²) in [6, 6.07) is 3.27. The van der Waals surface area contributed by atoms with E-state index >= 15 is 0 Å². The highest BCUT2D eigenvalue weighted by Gasteiger charge is 1.96. The fraction of sp³-hybridized carbons (Fsp3) is 0. The smallest absolute Gasteiger partial charge is 0.142 e. The van der Waals surface area contributed by atoms with Crippen molar-refractivity contribution < 1.29 is 5.11 Å². The van der Waals surface area contributed by atoms with Crippen LogP contribution in [-0.2, 0) is 0 Å². The number of aromatic hydroxyl groups is 1. The molecule has 4 heteroatoms. The molecule has 3 N–H and O–H groups in total. The van der Waals surface area contributed by atoms with Crippen molar-refractivity contribution in [2.24, 2.45) is 0 Å². The lowest BCUT2D eigenvalue weighted by Gasteiger charge is -1.91. The normalized spacial score (nSPS) is 10.5. The lowest BCUT2D eigenvalue weighted by atomic mass is 10.4. The highest BCUT2D eigenvalue weighted by molar-refractivity contribution is 5.47. The maximum atomic E-state index is 9.05. The molecule has 0 saturated carbocycles. The molecule has 0 bridgehead atoms. The molecule has 2 aromatic heterocycles. The molecule has 0 aliphatic heterocycles. The molecule has 0 radical (unpaired) electrons. The van der Waals surface area contributed by atoms with Crippen LogP contribution in [-0.4, -0.2) is 14.5 Å². The quantitative estimate of drug-likeness (QED) is 0.577. The van der Waals surface area contributed by atoms with Crippen LogP contribution in [0.15, 0.2) is 24.5 Å². The van der Waals surface area contributed by atoms with Crippen molar-refractivity contribution in [1.82, 2.24) is 9.38 Å². The Morgan fingerprint density at radius 3 is 3.00 bits per heavy atom. The Kier molecular flexibility index (Phi) is 1.03. The van der Waals surface area contributed by atoms with E-state index in [2.05, 4.69) is 4.98 Å². The van der Waals surface area contributed by atoms with Gasteiger partial charge in [0.2, 0.25) is 0 Å². The summed E-state index contributed by atoms with van der Waals surface area (Å²) in [5, 5.41) is 9.05. The summed E-state index contributed by atoms with van der Waals surface area (Å²) in [6.07, 6.45) is 3.20. The van der Waals surface area contributed by atoms with Crippen molar-refractivity contribution in [3.05, 3.63) is 24.5 Å². The van der Waals surface area contributed by atoms with Crippen LogP contribution >= 0.6 is 0 Å². The van der Waals surface area contributed by atoms with E-state index in [9.17, 15) is 0 Å². The minimum Gasteiger partial charge on any atom is -0.506 e. The molecule has 11 heavy (non-hydrogen) atoms. The van der Waals surface area contributed by atoms with Gasteiger partial charge >= 0.3 is 0 Å². The number of pyridine rings is 1. The van der Waals surface area contributed by atoms with Crippen LogP contribution in [0.1, 0.15) is 0 Å². The Morgan fingerprint density at radius 1 is 1.36 bits per heavy atom. The number of rotatable bonds is 0. The number of anilines is 1. The summed E-state index contributed by atoms with van der Waals surface area (Å²) in [7, 11) is 0. The van der Waals surface area contributed by atoms with Crippen LogP contribution in [0.25, 0.3) is 5.65 Å². The molecule has 0 amide bonds. The van der Waals surface area contributed by atoms with Gasteiger partial charge in [-0.25, -0.2) is 4.98 Å². The topological polar surface area (TPSA) is 63.5 Å². The lowest BCUT2D eigenvalue weighted by Crippen LogP contribution is -1.80. The SMILES string of the molecule is Nc1cn2cc(O)ccc2n1. The van der Waals surface area contributed by atoms with Gasteiger partial charge in [0.1, 0.15) is 17.2 Å². The van der Waals surface area contributed by atoms with Crippen molar-refractivity contribution in [3.8, 4) is 5.75 Å². The zero-order valence-corrected chi connectivity index (χ0v) is 5.73. The fourth-order valence-electron chi connectivity index (χ4n) is 1.000. The van der Waals surface area contributed by atoms with Gasteiger partial charge in [0, 0.05) is 0 Å². The maximum absolute atomic E-state index is 9.05. The molecule has 0 fully saturated rings. The molecule has 4 nitrogen and oxygen atoms in total. The number of nitrogen functional groups attached to an aromatic ring is 1. The molecule has 0 spiro atoms. The Hall–Kier alpha value is -1.71. The van der Waals surface area contributed by atoms with E-state index in [0.717, 1.165) is 5.65 Å². The zero-order chi connectivity index (χ0) is 7.84. The second-order valence-corrected chi connectivity index (χ2v) is 2.32. The standard InChI is InChI=1S/C7H7N3O/c8-6-4-10-3-5(11)1-2-7(10)9-6/h1-4,11H,8H2. The molecule has 0 atom stereocenters. The minimum atomic E-state index is 0.204. The van der Waals surface area contributed by atoms with Gasteiger partial charge in [0.25, 0.3) is 0 Å². The Bertz CT molecular complexity index is 393. The predicted octanol–water partition coefficient (Wildman–Crippen LogP) is 0.622. The molecular weight excluding hydrogens is 142 g/mol. The van der Waals surface area contributed by atoms with Gasteiger partial charge in [-0.2, -0.15) is 0 Å². The molecule has 0 saturated heterocycles. The van der Waals surface area contributed by atoms with Gasteiger partial charge in [0.15, 0.2) is 0 Å². The third kappa shape index (κ3) is 0.881. The van der Waals surface area contributed by atoms with Crippen molar-refractivity contribution in [2.45, 2.75) is 0 Å². The van der Waals surface area contributed by atoms with Gasteiger partial charge in [-0.05, 0) is 12.1 Å². The number of hydrogen-bond donors (Lipinski definition) is 2. The molecule has 0 unspecified atom stereocenters. The van der Waals surface area contributed by atoms with Crippen LogP contribution < -0.4 is 5.73 Å². The molecule has 0 aromatic carbocycles. The average molecular weight is 149 g/mol. The van der Waals surface area contributed by atoms with E-state index in [4.69, 9.17) is 10.8 Å². The van der Waals surface area contributed by atoms with E-state index in [0.29, 0.717) is 5.82 Å². The summed E-state index contributed by atoms with van der Waals surface area (Å²) in [4.78, 5) is 3.98. The number of aromatic nitrogens is 2. The molecule has 0 aliphatic carbocycles. The summed E-state index contributed by atoms with van der Waals surface area (Å²) in [5.41, 5.74) is 6.16. The molecule has 2 rings (SSSR count). The van der Waals surface area contributed by atoms with Gasteiger partial charge < -0.3 is 15.2 Å². The van der Waals surface area contributed by atoms with E-state index in [1.807, 2.05) is 0 Å². The Labute approximate surface area is 62.9 Å². The van der Waals surface area contributed by atoms with Gasteiger partial charge in [-0.15, -0.1) is 0 Å². The van der Waals surface area contributed by atoms with Crippen LogP contribution in [0, 0.1) is 0 Å². The molecule has 56 valence electrons. The van der Waals surface area contributed by atoms with E-state index < -0.39 is 0 Å². The highest BCUT2D eigenvalue weighted by Crippen LogP contribution is 2.11. The molecule has 2 heterocycles. The van der Waals surface area contributed by atoms with Crippen molar-refractivity contribution >= 4 is 11.5 Å². The monoisotopic (exact) mass is 149 g/mol. The van der Waals surface area contributed by atoms with Crippen molar-refractivity contribution in [2.75, 3.05) is 5.73 Å². The summed E-state index contributed by atoms with van der Waals surface area (Å²) in [6.45, 7) is 0. The lowest BCUT2D eigenvalue weighted by molar-refractivity contribution is 0.472. The first-order chi connectivity index (χ1) is 5.25. The summed E-state index contributed by atoms with van der Waals surface area (Å²) in [5.74, 6) is 0.658. The molecule has 0 aliphatic rings. The van der Waals surface area contributed by atoms with Gasteiger partial charge in [-0.1, -0.05) is 0 Å². The number of imidazole rings is 1. The molecule has 2 aromatic rings. The number of fused-ring (bicyclic) bond motifs is 1. The second kappa shape index (κ2) is 1.88. The number of nitrogens with zero attached hydrogens (tertiary/aromatic N) is 2. The van der Waals surface area contributed by atoms with Crippen LogP contribution in [0.3, 0.4) is 0 Å². The minimum absolute atomic E-state index is 0.204. The Balaban J connectivity index is 2.82. The number of nitrogens with two attached hydrogens (primary N) is 1. The first-order valence-electron chi connectivity index (χ1n) is 3.19. The largest absolute Gasteiger partial charge is 0.506 e. The average Bonchev–Trinajstić information content (AvgIpc) is 2.27. The predicted molar refractivity (Wildman–Crippen MR) is 41.3 cm³/mol. The maximum Gasteiger partial charge on any atom is 0.142 e. The second-order valence-electron chi connectivity index (χ2n) is 2.32. The first-order valence-corrected chi connectivity index (χ1v) is 3.19. The fourth-order valence-corrected chi connectivity index (χ4v) is 1.000. The van der Waals surface area contributed by atoms with Crippen LogP contribution in [0.4, 0.5) is 5.82 Å².